The first-order valence-corrected chi connectivity index (χ1v) is 14.7. The molecule has 0 radical (unpaired) electrons. The monoisotopic (exact) mass is 540 g/mol. The number of methoxy groups -OCH3 is 2. The van der Waals surface area contributed by atoms with Gasteiger partial charge in [-0.3, -0.25) is 4.79 Å². The second-order valence-electron chi connectivity index (χ2n) is 8.95. The number of ether oxygens (including phenoxy) is 5. The van der Waals surface area contributed by atoms with E-state index in [1.165, 1.54) is 0 Å². The molecule has 8 heteroatoms. The number of hydrogen-bond donors (Lipinski definition) is 0. The fraction of sp³-hybridized carbons (Fsp3) is 0.567. The molecule has 0 bridgehead atoms. The van der Waals surface area contributed by atoms with E-state index in [0.717, 1.165) is 63.1 Å². The summed E-state index contributed by atoms with van der Waals surface area (Å²) in [5.74, 6) is 2.99. The van der Waals surface area contributed by atoms with Gasteiger partial charge in [-0.2, -0.15) is 0 Å². The molecule has 0 saturated carbocycles. The summed E-state index contributed by atoms with van der Waals surface area (Å²) in [6.07, 6.45) is 9.53. The number of carbonyl (C=O) groups excluding carboxylic acids is 1. The van der Waals surface area contributed by atoms with E-state index in [-0.39, 0.29) is 33.0 Å². The Kier molecular flexibility index (Phi) is 18.1. The van der Waals surface area contributed by atoms with E-state index in [1.807, 2.05) is 18.2 Å². The Balaban J connectivity index is 0.00000722. The average Bonchev–Trinajstić information content (AvgIpc) is 2.92. The molecule has 0 fully saturated rings. The maximum absolute atomic E-state index is 13.7. The third-order valence-electron chi connectivity index (χ3n) is 5.96. The van der Waals surface area contributed by atoms with Crippen LogP contribution in [0.5, 0.6) is 28.7 Å². The molecular formula is C30H46LiO6P. The molecule has 0 N–H and O–H groups in total. The van der Waals surface area contributed by atoms with Gasteiger partial charge in [0.1, 0.15) is 34.3 Å². The van der Waals surface area contributed by atoms with Crippen LogP contribution in [0.4, 0.5) is 0 Å². The van der Waals surface area contributed by atoms with Crippen molar-refractivity contribution < 1.29 is 28.5 Å². The van der Waals surface area contributed by atoms with Gasteiger partial charge in [0.05, 0.1) is 39.3 Å². The molecule has 0 heterocycles. The molecule has 0 amide bonds. The van der Waals surface area contributed by atoms with Gasteiger partial charge < -0.3 is 23.7 Å². The molecule has 2 aromatic carbocycles. The molecule has 0 aliphatic heterocycles. The van der Waals surface area contributed by atoms with Gasteiger partial charge in [-0.05, 0) is 40.0 Å². The second kappa shape index (κ2) is 20.1. The summed E-state index contributed by atoms with van der Waals surface area (Å²) in [6, 6.07) is 9.18. The standard InChI is InChI=1S/C30H45O6P.Li.H/c1-6-9-12-18-34-23-21-26(35-19-13-10-7-2)29(27(22-23)36-20-14-11-8-3)37-30(31)28-24(32-4)16-15-17-25(28)33-5;;/h15-17,21-22,37H,6-14,18-20H2,1-5H3;;. The van der Waals surface area contributed by atoms with Crippen molar-refractivity contribution in [3.63, 3.8) is 0 Å². The molecule has 0 aromatic heterocycles. The summed E-state index contributed by atoms with van der Waals surface area (Å²) in [5.41, 5.74) is 0.335. The van der Waals surface area contributed by atoms with E-state index in [4.69, 9.17) is 23.7 Å². The van der Waals surface area contributed by atoms with Crippen LogP contribution in [0, 0.1) is 0 Å². The Labute approximate surface area is 243 Å². The third-order valence-corrected chi connectivity index (χ3v) is 7.18. The van der Waals surface area contributed by atoms with E-state index in [1.54, 1.807) is 26.4 Å². The molecule has 0 aliphatic rings. The fourth-order valence-corrected chi connectivity index (χ4v) is 5.00. The minimum atomic E-state index is -0.229. The first-order valence-electron chi connectivity index (χ1n) is 13.7. The summed E-state index contributed by atoms with van der Waals surface area (Å²) in [7, 11) is 2.89. The van der Waals surface area contributed by atoms with E-state index in [0.29, 0.717) is 54.1 Å². The normalized spacial score (nSPS) is 10.8. The van der Waals surface area contributed by atoms with Gasteiger partial charge in [0.15, 0.2) is 5.52 Å². The average molecular weight is 541 g/mol. The molecular weight excluding hydrogens is 494 g/mol. The number of unbranched alkanes of at least 4 members (excludes halogenated alkanes) is 6. The molecule has 38 heavy (non-hydrogen) atoms. The van der Waals surface area contributed by atoms with E-state index < -0.39 is 0 Å². The molecule has 0 aliphatic carbocycles. The van der Waals surface area contributed by atoms with Crippen LogP contribution < -0.4 is 29.0 Å². The van der Waals surface area contributed by atoms with Gasteiger partial charge in [0.25, 0.3) is 0 Å². The Morgan fingerprint density at radius 3 is 1.55 bits per heavy atom. The Bertz CT molecular complexity index is 897. The summed E-state index contributed by atoms with van der Waals surface area (Å²) in [6.45, 7) is 8.29. The van der Waals surface area contributed by atoms with Crippen molar-refractivity contribution in [2.75, 3.05) is 34.0 Å². The van der Waals surface area contributed by atoms with Crippen LogP contribution in [-0.4, -0.2) is 58.4 Å². The molecule has 1 unspecified atom stereocenters. The van der Waals surface area contributed by atoms with Crippen LogP contribution in [0.25, 0.3) is 0 Å². The summed E-state index contributed by atoms with van der Waals surface area (Å²) in [4.78, 5) is 13.7. The number of carbonyl (C=O) groups is 1. The van der Waals surface area contributed by atoms with Gasteiger partial charge in [-0.1, -0.05) is 65.4 Å². The van der Waals surface area contributed by atoms with Crippen molar-refractivity contribution in [2.24, 2.45) is 0 Å². The van der Waals surface area contributed by atoms with Crippen molar-refractivity contribution >= 4 is 38.3 Å². The third kappa shape index (κ3) is 11.1. The van der Waals surface area contributed by atoms with Crippen LogP contribution in [0.3, 0.4) is 0 Å². The van der Waals surface area contributed by atoms with Crippen LogP contribution >= 0.6 is 8.58 Å². The van der Waals surface area contributed by atoms with Crippen LogP contribution in [0.1, 0.15) is 88.9 Å². The fourth-order valence-electron chi connectivity index (χ4n) is 3.86. The number of rotatable bonds is 20. The zero-order valence-corrected chi connectivity index (χ0v) is 24.3. The molecule has 1 atom stereocenters. The summed E-state index contributed by atoms with van der Waals surface area (Å²) >= 11 is 0. The van der Waals surface area contributed by atoms with Crippen molar-refractivity contribution in [3.8, 4) is 28.7 Å². The molecule has 2 aromatic rings. The number of hydrogen-bond acceptors (Lipinski definition) is 6. The Hall–Kier alpha value is -1.86. The van der Waals surface area contributed by atoms with Gasteiger partial charge in [-0.25, -0.2) is 0 Å². The van der Waals surface area contributed by atoms with Crippen LogP contribution in [-0.2, 0) is 0 Å². The summed E-state index contributed by atoms with van der Waals surface area (Å²) in [5, 5.41) is 0.756. The molecule has 0 spiro atoms. The van der Waals surface area contributed by atoms with Crippen molar-refractivity contribution in [1.82, 2.24) is 0 Å². The maximum atomic E-state index is 13.7. The van der Waals surface area contributed by atoms with Crippen molar-refractivity contribution in [2.45, 2.75) is 78.6 Å². The first kappa shape index (κ1) is 34.2. The predicted molar refractivity (Wildman–Crippen MR) is 160 cm³/mol. The van der Waals surface area contributed by atoms with E-state index >= 15 is 0 Å². The Morgan fingerprint density at radius 1 is 0.684 bits per heavy atom. The first-order chi connectivity index (χ1) is 18.1. The van der Waals surface area contributed by atoms with E-state index in [2.05, 4.69) is 20.8 Å². The molecule has 2 rings (SSSR count). The number of benzene rings is 2. The van der Waals surface area contributed by atoms with Gasteiger partial charge in [0.2, 0.25) is 0 Å². The molecule has 6 nitrogen and oxygen atoms in total. The van der Waals surface area contributed by atoms with Crippen molar-refractivity contribution in [1.29, 1.82) is 0 Å². The van der Waals surface area contributed by atoms with Crippen LogP contribution in [0.2, 0.25) is 0 Å². The summed E-state index contributed by atoms with van der Waals surface area (Å²) < 4.78 is 29.6. The minimum absolute atomic E-state index is 0. The SMILES string of the molecule is CCCCCOc1cc(OCCCCC)c(PC(=O)c2c(OC)cccc2OC)c(OCCCCC)c1.[LiH]. The topological polar surface area (TPSA) is 63.2 Å². The zero-order chi connectivity index (χ0) is 26.9. The van der Waals surface area contributed by atoms with Gasteiger partial charge >= 0.3 is 18.9 Å². The van der Waals surface area contributed by atoms with E-state index in [9.17, 15) is 4.79 Å². The molecule has 0 saturated heterocycles. The quantitative estimate of drug-likeness (QED) is 0.103. The molecule has 208 valence electrons. The Morgan fingerprint density at radius 2 is 1.13 bits per heavy atom. The van der Waals surface area contributed by atoms with Gasteiger partial charge in [-0.15, -0.1) is 0 Å². The van der Waals surface area contributed by atoms with Crippen molar-refractivity contribution in [3.05, 3.63) is 35.9 Å². The predicted octanol–water partition coefficient (Wildman–Crippen LogP) is 6.91. The zero-order valence-electron chi connectivity index (χ0n) is 23.3. The van der Waals surface area contributed by atoms with Crippen LogP contribution in [0.15, 0.2) is 30.3 Å². The second-order valence-corrected chi connectivity index (χ2v) is 10.2. The van der Waals surface area contributed by atoms with Gasteiger partial charge in [0, 0.05) is 12.1 Å².